The van der Waals surface area contributed by atoms with Crippen molar-refractivity contribution in [1.29, 1.82) is 0 Å². The van der Waals surface area contributed by atoms with E-state index in [2.05, 4.69) is 15.3 Å². The Bertz CT molecular complexity index is 980. The molecular weight excluding hydrogens is 402 g/mol. The molecule has 1 amide bonds. The van der Waals surface area contributed by atoms with Gasteiger partial charge in [-0.2, -0.15) is 0 Å². The zero-order valence-corrected chi connectivity index (χ0v) is 17.9. The Morgan fingerprint density at radius 1 is 1.10 bits per heavy atom. The maximum Gasteiger partial charge on any atom is 0.233 e. The molecule has 30 heavy (non-hydrogen) atoms. The Hall–Kier alpha value is -2.32. The van der Waals surface area contributed by atoms with Crippen molar-refractivity contribution in [3.05, 3.63) is 47.9 Å². The van der Waals surface area contributed by atoms with E-state index in [9.17, 15) is 13.2 Å². The van der Waals surface area contributed by atoms with Gasteiger partial charge in [0.1, 0.15) is 0 Å². The lowest BCUT2D eigenvalue weighted by Gasteiger charge is -2.26. The van der Waals surface area contributed by atoms with Gasteiger partial charge < -0.3 is 10.1 Å². The minimum atomic E-state index is -3.24. The van der Waals surface area contributed by atoms with E-state index in [1.165, 1.54) is 0 Å². The van der Waals surface area contributed by atoms with Crippen LogP contribution in [0.15, 0.2) is 41.6 Å². The smallest absolute Gasteiger partial charge is 0.233 e. The number of rotatable bonds is 7. The number of anilines is 1. The van der Waals surface area contributed by atoms with E-state index >= 15 is 0 Å². The van der Waals surface area contributed by atoms with E-state index in [0.29, 0.717) is 36.3 Å². The first-order valence-corrected chi connectivity index (χ1v) is 12.0. The molecule has 1 aliphatic heterocycles. The van der Waals surface area contributed by atoms with Gasteiger partial charge in [-0.15, -0.1) is 0 Å². The van der Waals surface area contributed by atoms with E-state index in [4.69, 9.17) is 4.74 Å². The molecule has 1 atom stereocenters. The van der Waals surface area contributed by atoms with Crippen molar-refractivity contribution in [3.63, 3.8) is 0 Å². The van der Waals surface area contributed by atoms with Crippen LogP contribution in [0, 0.1) is 12.8 Å². The molecule has 7 nitrogen and oxygen atoms in total. The third-order valence-electron chi connectivity index (χ3n) is 5.83. The largest absolute Gasteiger partial charge is 0.381 e. The van der Waals surface area contributed by atoms with Crippen molar-refractivity contribution in [2.75, 3.05) is 18.5 Å². The molecule has 2 aliphatic rings. The second-order valence-corrected chi connectivity index (χ2v) is 10.4. The molecular formula is C22H27N3O4S. The minimum Gasteiger partial charge on any atom is -0.381 e. The van der Waals surface area contributed by atoms with Crippen LogP contribution in [0.4, 0.5) is 5.82 Å². The third kappa shape index (κ3) is 4.87. The molecule has 1 saturated carbocycles. The van der Waals surface area contributed by atoms with Crippen LogP contribution in [0.3, 0.4) is 0 Å². The number of aromatic nitrogens is 2. The van der Waals surface area contributed by atoms with Crippen LogP contribution >= 0.6 is 0 Å². The molecule has 0 bridgehead atoms. The van der Waals surface area contributed by atoms with Crippen molar-refractivity contribution in [2.24, 2.45) is 5.92 Å². The lowest BCUT2D eigenvalue weighted by Crippen LogP contribution is -2.26. The summed E-state index contributed by atoms with van der Waals surface area (Å²) in [6, 6.07) is 6.83. The van der Waals surface area contributed by atoms with Crippen LogP contribution in [-0.4, -0.2) is 42.8 Å². The lowest BCUT2D eigenvalue weighted by molar-refractivity contribution is -0.118. The standard InChI is InChI=1S/C22H27N3O4S/c1-15-13-24-21(14-23-15)25-22(26)20(12-16-8-10-29-11-9-16)17-2-4-18(5-3-17)30(27,28)19-6-7-19/h2-5,13-14,16,19-20H,6-12H2,1H3,(H,24,25,26)/t20-/m0/s1. The summed E-state index contributed by atoms with van der Waals surface area (Å²) in [5.41, 5.74) is 1.59. The summed E-state index contributed by atoms with van der Waals surface area (Å²) in [4.78, 5) is 21.9. The van der Waals surface area contributed by atoms with Crippen LogP contribution in [-0.2, 0) is 19.4 Å². The van der Waals surface area contributed by atoms with E-state index < -0.39 is 15.8 Å². The fraction of sp³-hybridized carbons (Fsp3) is 0.500. The molecule has 2 fully saturated rings. The number of benzene rings is 1. The summed E-state index contributed by atoms with van der Waals surface area (Å²) in [5.74, 6) is 0.246. The van der Waals surface area contributed by atoms with Gasteiger partial charge in [-0.1, -0.05) is 12.1 Å². The molecule has 1 saturated heterocycles. The Kier molecular flexibility index (Phi) is 6.15. The van der Waals surface area contributed by atoms with Crippen molar-refractivity contribution in [1.82, 2.24) is 9.97 Å². The van der Waals surface area contributed by atoms with Crippen molar-refractivity contribution >= 4 is 21.6 Å². The number of ether oxygens (including phenoxy) is 1. The zero-order chi connectivity index (χ0) is 21.1. The summed E-state index contributed by atoms with van der Waals surface area (Å²) in [7, 11) is -3.24. The van der Waals surface area contributed by atoms with E-state index in [-0.39, 0.29) is 11.2 Å². The second kappa shape index (κ2) is 8.81. The van der Waals surface area contributed by atoms with Crippen molar-refractivity contribution in [3.8, 4) is 0 Å². The summed E-state index contributed by atoms with van der Waals surface area (Å²) < 4.78 is 30.4. The first-order chi connectivity index (χ1) is 14.4. The fourth-order valence-corrected chi connectivity index (χ4v) is 5.50. The molecule has 1 aromatic carbocycles. The average Bonchev–Trinajstić information content (AvgIpc) is 3.61. The Balaban J connectivity index is 1.55. The molecule has 160 valence electrons. The normalized spacial score (nSPS) is 18.7. The van der Waals surface area contributed by atoms with Gasteiger partial charge in [-0.05, 0) is 62.6 Å². The van der Waals surface area contributed by atoms with Crippen molar-refractivity contribution < 1.29 is 17.9 Å². The van der Waals surface area contributed by atoms with E-state index in [1.807, 2.05) is 6.92 Å². The average molecular weight is 430 g/mol. The van der Waals surface area contributed by atoms with E-state index in [0.717, 1.165) is 36.9 Å². The highest BCUT2D eigenvalue weighted by Crippen LogP contribution is 2.35. The van der Waals surface area contributed by atoms with Gasteiger partial charge in [-0.25, -0.2) is 13.4 Å². The summed E-state index contributed by atoms with van der Waals surface area (Å²) in [6.07, 6.45) is 7.14. The molecule has 4 rings (SSSR count). The second-order valence-electron chi connectivity index (χ2n) is 8.19. The summed E-state index contributed by atoms with van der Waals surface area (Å²) in [5, 5.41) is 2.62. The first kappa shape index (κ1) is 20.9. The quantitative estimate of drug-likeness (QED) is 0.725. The minimum absolute atomic E-state index is 0.155. The van der Waals surface area contributed by atoms with Gasteiger partial charge in [0.05, 0.1) is 34.2 Å². The number of hydrogen-bond donors (Lipinski definition) is 1. The molecule has 0 spiro atoms. The number of hydrogen-bond acceptors (Lipinski definition) is 6. The molecule has 2 heterocycles. The monoisotopic (exact) mass is 429 g/mol. The van der Waals surface area contributed by atoms with Gasteiger partial charge in [0.25, 0.3) is 0 Å². The van der Waals surface area contributed by atoms with Crippen molar-refractivity contribution in [2.45, 2.75) is 55.1 Å². The highest BCUT2D eigenvalue weighted by molar-refractivity contribution is 7.92. The third-order valence-corrected chi connectivity index (χ3v) is 8.11. The Morgan fingerprint density at radius 3 is 2.40 bits per heavy atom. The Labute approximate surface area is 177 Å². The number of carbonyl (C=O) groups is 1. The molecule has 1 N–H and O–H groups in total. The van der Waals surface area contributed by atoms with Gasteiger partial charge in [0.15, 0.2) is 15.7 Å². The fourth-order valence-electron chi connectivity index (χ4n) is 3.84. The molecule has 0 unspecified atom stereocenters. The first-order valence-electron chi connectivity index (χ1n) is 10.4. The number of amides is 1. The molecule has 8 heteroatoms. The van der Waals surface area contributed by atoms with Gasteiger partial charge in [0.2, 0.25) is 5.91 Å². The van der Waals surface area contributed by atoms with Crippen LogP contribution in [0.1, 0.15) is 49.3 Å². The lowest BCUT2D eigenvalue weighted by atomic mass is 9.84. The number of sulfone groups is 1. The Morgan fingerprint density at radius 2 is 1.80 bits per heavy atom. The summed E-state index contributed by atoms with van der Waals surface area (Å²) in [6.45, 7) is 3.26. The summed E-state index contributed by atoms with van der Waals surface area (Å²) >= 11 is 0. The number of aryl methyl sites for hydroxylation is 1. The zero-order valence-electron chi connectivity index (χ0n) is 17.1. The predicted molar refractivity (Wildman–Crippen MR) is 113 cm³/mol. The van der Waals surface area contributed by atoms with Crippen LogP contribution in [0.5, 0.6) is 0 Å². The SMILES string of the molecule is Cc1cnc(NC(=O)[C@@H](CC2CCOCC2)c2ccc(S(=O)(=O)C3CC3)cc2)cn1. The van der Waals surface area contributed by atoms with Gasteiger partial charge in [-0.3, -0.25) is 9.78 Å². The topological polar surface area (TPSA) is 98.2 Å². The highest BCUT2D eigenvalue weighted by atomic mass is 32.2. The molecule has 1 aromatic heterocycles. The van der Waals surface area contributed by atoms with E-state index in [1.54, 1.807) is 36.7 Å². The van der Waals surface area contributed by atoms with Gasteiger partial charge >= 0.3 is 0 Å². The van der Waals surface area contributed by atoms with Crippen LogP contribution in [0.25, 0.3) is 0 Å². The molecule has 2 aromatic rings. The predicted octanol–water partition coefficient (Wildman–Crippen LogP) is 3.26. The molecule has 1 aliphatic carbocycles. The highest BCUT2D eigenvalue weighted by Gasteiger charge is 2.37. The van der Waals surface area contributed by atoms with Crippen LogP contribution in [0.2, 0.25) is 0 Å². The van der Waals surface area contributed by atoms with Gasteiger partial charge in [0, 0.05) is 13.2 Å². The molecule has 0 radical (unpaired) electrons. The number of carbonyl (C=O) groups excluding carboxylic acids is 1. The number of nitrogens with zero attached hydrogens (tertiary/aromatic N) is 2. The van der Waals surface area contributed by atoms with Crippen LogP contribution < -0.4 is 5.32 Å². The maximum atomic E-state index is 13.1. The number of nitrogens with one attached hydrogen (secondary N) is 1. The maximum absolute atomic E-state index is 13.1.